The Morgan fingerprint density at radius 2 is 1.96 bits per heavy atom. The van der Waals surface area contributed by atoms with Crippen LogP contribution in [0.15, 0.2) is 53.5 Å². The molecule has 130 valence electrons. The maximum absolute atomic E-state index is 12.3. The van der Waals surface area contributed by atoms with E-state index in [1.165, 1.54) is 4.40 Å². The number of H-pyrrole nitrogens is 1. The van der Waals surface area contributed by atoms with Crippen LogP contribution in [0, 0.1) is 0 Å². The number of rotatable bonds is 5. The molecular formula is C18H16N6O2. The molecule has 0 atom stereocenters. The summed E-state index contributed by atoms with van der Waals surface area (Å²) in [5, 5.41) is 10.7. The van der Waals surface area contributed by atoms with E-state index in [0.717, 1.165) is 11.0 Å². The summed E-state index contributed by atoms with van der Waals surface area (Å²) < 4.78 is 1.43. The first-order valence-corrected chi connectivity index (χ1v) is 8.24. The van der Waals surface area contributed by atoms with Crippen LogP contribution in [0.5, 0.6) is 0 Å². The summed E-state index contributed by atoms with van der Waals surface area (Å²) in [5.74, 6) is 0.509. The molecule has 8 nitrogen and oxygen atoms in total. The van der Waals surface area contributed by atoms with E-state index in [9.17, 15) is 9.59 Å². The van der Waals surface area contributed by atoms with Crippen molar-refractivity contribution < 1.29 is 4.79 Å². The molecule has 2 N–H and O–H groups in total. The molecule has 0 fully saturated rings. The lowest BCUT2D eigenvalue weighted by Crippen LogP contribution is -2.26. The standard InChI is InChI=1S/C18H16N6O2/c25-17(19-11-15-20-12-5-1-2-6-13(12)21-15)9-8-14-18(26)24-10-4-3-7-16(24)23-22-14/h1-7,10H,8-9,11H2,(H,19,25)(H,20,21). The largest absolute Gasteiger partial charge is 0.349 e. The van der Waals surface area contributed by atoms with Gasteiger partial charge in [-0.1, -0.05) is 18.2 Å². The number of aromatic nitrogens is 5. The van der Waals surface area contributed by atoms with E-state index in [2.05, 4.69) is 25.5 Å². The van der Waals surface area contributed by atoms with E-state index in [-0.39, 0.29) is 30.0 Å². The van der Waals surface area contributed by atoms with E-state index in [1.807, 2.05) is 24.3 Å². The Balaban J connectivity index is 1.38. The van der Waals surface area contributed by atoms with Gasteiger partial charge < -0.3 is 10.3 Å². The third-order valence-corrected chi connectivity index (χ3v) is 4.06. The third kappa shape index (κ3) is 3.16. The molecule has 0 spiro atoms. The monoisotopic (exact) mass is 348 g/mol. The first-order chi connectivity index (χ1) is 12.7. The molecule has 0 saturated heterocycles. The van der Waals surface area contributed by atoms with E-state index < -0.39 is 0 Å². The second kappa shape index (κ2) is 6.75. The van der Waals surface area contributed by atoms with Gasteiger partial charge in [0.05, 0.1) is 17.6 Å². The van der Waals surface area contributed by atoms with Crippen molar-refractivity contribution in [2.24, 2.45) is 0 Å². The fraction of sp³-hybridized carbons (Fsp3) is 0.167. The van der Waals surface area contributed by atoms with Gasteiger partial charge in [0.2, 0.25) is 5.91 Å². The number of nitrogens with one attached hydrogen (secondary N) is 2. The minimum Gasteiger partial charge on any atom is -0.349 e. The molecule has 1 aromatic carbocycles. The van der Waals surface area contributed by atoms with Gasteiger partial charge in [-0.25, -0.2) is 4.98 Å². The molecule has 0 unspecified atom stereocenters. The number of carbonyl (C=O) groups excluding carboxylic acids is 1. The quantitative estimate of drug-likeness (QED) is 0.564. The van der Waals surface area contributed by atoms with Gasteiger partial charge in [0.1, 0.15) is 11.5 Å². The fourth-order valence-corrected chi connectivity index (χ4v) is 2.73. The second-order valence-corrected chi connectivity index (χ2v) is 5.86. The average Bonchev–Trinajstić information content (AvgIpc) is 3.09. The van der Waals surface area contributed by atoms with Crippen LogP contribution >= 0.6 is 0 Å². The number of aryl methyl sites for hydroxylation is 1. The predicted molar refractivity (Wildman–Crippen MR) is 95.5 cm³/mol. The predicted octanol–water partition coefficient (Wildman–Crippen LogP) is 1.21. The Labute approximate surface area is 147 Å². The van der Waals surface area contributed by atoms with Gasteiger partial charge in [-0.05, 0) is 24.3 Å². The Bertz CT molecular complexity index is 1110. The maximum Gasteiger partial charge on any atom is 0.279 e. The van der Waals surface area contributed by atoms with Gasteiger partial charge in [-0.15, -0.1) is 10.2 Å². The summed E-state index contributed by atoms with van der Waals surface area (Å²) in [6, 6.07) is 12.9. The molecule has 4 rings (SSSR count). The second-order valence-electron chi connectivity index (χ2n) is 5.86. The lowest BCUT2D eigenvalue weighted by molar-refractivity contribution is -0.121. The van der Waals surface area contributed by atoms with Crippen molar-refractivity contribution in [1.29, 1.82) is 0 Å². The highest BCUT2D eigenvalue weighted by molar-refractivity contribution is 5.77. The Kier molecular flexibility index (Phi) is 4.14. The van der Waals surface area contributed by atoms with E-state index in [0.29, 0.717) is 18.0 Å². The zero-order valence-electron chi connectivity index (χ0n) is 13.8. The molecule has 0 aliphatic heterocycles. The number of carbonyl (C=O) groups is 1. The molecule has 3 heterocycles. The Morgan fingerprint density at radius 1 is 1.12 bits per heavy atom. The van der Waals surface area contributed by atoms with E-state index in [1.54, 1.807) is 24.4 Å². The molecule has 8 heteroatoms. The maximum atomic E-state index is 12.3. The van der Waals surface area contributed by atoms with Gasteiger partial charge in [0.15, 0.2) is 5.65 Å². The van der Waals surface area contributed by atoms with Crippen molar-refractivity contribution >= 4 is 22.6 Å². The molecule has 26 heavy (non-hydrogen) atoms. The molecule has 4 aromatic rings. The smallest absolute Gasteiger partial charge is 0.279 e. The number of aromatic amines is 1. The number of amides is 1. The number of benzene rings is 1. The van der Waals surface area contributed by atoms with E-state index in [4.69, 9.17) is 0 Å². The van der Waals surface area contributed by atoms with Crippen LogP contribution in [0.4, 0.5) is 0 Å². The number of pyridine rings is 1. The molecule has 1 amide bonds. The van der Waals surface area contributed by atoms with Crippen LogP contribution in [-0.2, 0) is 17.8 Å². The lowest BCUT2D eigenvalue weighted by Gasteiger charge is -2.04. The zero-order chi connectivity index (χ0) is 17.9. The van der Waals surface area contributed by atoms with Crippen LogP contribution in [0.2, 0.25) is 0 Å². The number of imidazole rings is 1. The van der Waals surface area contributed by atoms with Crippen LogP contribution in [0.1, 0.15) is 17.9 Å². The Morgan fingerprint density at radius 3 is 2.85 bits per heavy atom. The molecule has 0 bridgehead atoms. The van der Waals surface area contributed by atoms with Crippen LogP contribution < -0.4 is 10.9 Å². The number of hydrogen-bond acceptors (Lipinski definition) is 5. The summed E-state index contributed by atoms with van der Waals surface area (Å²) in [4.78, 5) is 32.0. The first-order valence-electron chi connectivity index (χ1n) is 8.24. The number of hydrogen-bond donors (Lipinski definition) is 2. The molecular weight excluding hydrogens is 332 g/mol. The number of fused-ring (bicyclic) bond motifs is 2. The van der Waals surface area contributed by atoms with E-state index >= 15 is 0 Å². The topological polar surface area (TPSA) is 105 Å². The van der Waals surface area contributed by atoms with Crippen LogP contribution in [-0.4, -0.2) is 30.5 Å². The highest BCUT2D eigenvalue weighted by Gasteiger charge is 2.10. The van der Waals surface area contributed by atoms with Gasteiger partial charge in [-0.3, -0.25) is 14.0 Å². The van der Waals surface area contributed by atoms with Crippen LogP contribution in [0.3, 0.4) is 0 Å². The summed E-state index contributed by atoms with van der Waals surface area (Å²) in [7, 11) is 0. The number of para-hydroxylation sites is 2. The average molecular weight is 348 g/mol. The van der Waals surface area contributed by atoms with Crippen molar-refractivity contribution in [3.05, 3.63) is 70.5 Å². The zero-order valence-corrected chi connectivity index (χ0v) is 13.8. The lowest BCUT2D eigenvalue weighted by atomic mass is 10.2. The molecule has 0 radical (unpaired) electrons. The minimum absolute atomic E-state index is 0.156. The van der Waals surface area contributed by atoms with Gasteiger partial charge in [0.25, 0.3) is 5.56 Å². The minimum atomic E-state index is -0.249. The van der Waals surface area contributed by atoms with Gasteiger partial charge in [0, 0.05) is 19.0 Å². The molecule has 0 aliphatic rings. The van der Waals surface area contributed by atoms with Crippen molar-refractivity contribution in [3.8, 4) is 0 Å². The van der Waals surface area contributed by atoms with Crippen molar-refractivity contribution in [1.82, 2.24) is 29.9 Å². The van der Waals surface area contributed by atoms with Crippen LogP contribution in [0.25, 0.3) is 16.7 Å². The molecule has 0 saturated carbocycles. The number of nitrogens with zero attached hydrogens (tertiary/aromatic N) is 4. The normalized spacial score (nSPS) is 11.1. The summed E-state index contributed by atoms with van der Waals surface area (Å²) in [6.45, 7) is 0.301. The molecule has 3 aromatic heterocycles. The van der Waals surface area contributed by atoms with Gasteiger partial charge >= 0.3 is 0 Å². The SMILES string of the molecule is O=C(CCc1nnc2ccccn2c1=O)NCc1nc2ccccc2[nH]1. The highest BCUT2D eigenvalue weighted by atomic mass is 16.1. The summed E-state index contributed by atoms with van der Waals surface area (Å²) in [6.07, 6.45) is 2.02. The summed E-state index contributed by atoms with van der Waals surface area (Å²) in [5.41, 5.74) is 2.29. The molecule has 0 aliphatic carbocycles. The van der Waals surface area contributed by atoms with Crippen molar-refractivity contribution in [2.75, 3.05) is 0 Å². The first kappa shape index (κ1) is 15.9. The van der Waals surface area contributed by atoms with Crippen molar-refractivity contribution in [3.63, 3.8) is 0 Å². The summed E-state index contributed by atoms with van der Waals surface area (Å²) >= 11 is 0. The highest BCUT2D eigenvalue weighted by Crippen LogP contribution is 2.09. The van der Waals surface area contributed by atoms with Crippen molar-refractivity contribution in [2.45, 2.75) is 19.4 Å². The van der Waals surface area contributed by atoms with Gasteiger partial charge in [-0.2, -0.15) is 0 Å². The third-order valence-electron chi connectivity index (χ3n) is 4.06. The Hall–Kier alpha value is -3.55. The fourth-order valence-electron chi connectivity index (χ4n) is 2.73.